The summed E-state index contributed by atoms with van der Waals surface area (Å²) >= 11 is 0. The number of hydroxylamine groups is 1. The zero-order valence-electron chi connectivity index (χ0n) is 16.7. The van der Waals surface area contributed by atoms with Crippen molar-refractivity contribution in [2.24, 2.45) is 0 Å². The molecule has 0 saturated carbocycles. The van der Waals surface area contributed by atoms with Crippen LogP contribution >= 0.6 is 0 Å². The second-order valence-corrected chi connectivity index (χ2v) is 7.32. The van der Waals surface area contributed by atoms with Gasteiger partial charge in [0, 0.05) is 23.4 Å². The lowest BCUT2D eigenvalue weighted by Crippen LogP contribution is -2.36. The zero-order chi connectivity index (χ0) is 21.8. The summed E-state index contributed by atoms with van der Waals surface area (Å²) < 4.78 is 13.3. The molecule has 5 nitrogen and oxygen atoms in total. The number of carbonyl (C=O) groups excluding carboxylic acids is 2. The van der Waals surface area contributed by atoms with Crippen LogP contribution in [0.25, 0.3) is 11.6 Å². The summed E-state index contributed by atoms with van der Waals surface area (Å²) in [5.41, 5.74) is 5.57. The van der Waals surface area contributed by atoms with Crippen LogP contribution in [0.15, 0.2) is 72.8 Å². The molecule has 0 unspecified atom stereocenters. The normalized spacial score (nSPS) is 13.5. The minimum absolute atomic E-state index is 0.171. The highest BCUT2D eigenvalue weighted by molar-refractivity contribution is 6.30. The third-order valence-electron chi connectivity index (χ3n) is 5.30. The number of hydrogen-bond donors (Lipinski definition) is 2. The summed E-state index contributed by atoms with van der Waals surface area (Å²) in [7, 11) is 0. The van der Waals surface area contributed by atoms with Crippen molar-refractivity contribution in [3.8, 4) is 0 Å². The molecule has 0 atom stereocenters. The Balaban J connectivity index is 1.75. The van der Waals surface area contributed by atoms with Crippen molar-refractivity contribution in [2.75, 3.05) is 11.4 Å². The SMILES string of the molecule is O=C(NO)c1ccc2c(c1)CCCN2C(=O)/C(=C/c1ccc(F)cc1)c1ccccc1. The molecule has 1 heterocycles. The van der Waals surface area contributed by atoms with Gasteiger partial charge in [-0.25, -0.2) is 9.87 Å². The molecule has 0 radical (unpaired) electrons. The van der Waals surface area contributed by atoms with E-state index in [9.17, 15) is 14.0 Å². The number of benzene rings is 3. The van der Waals surface area contributed by atoms with Gasteiger partial charge in [-0.15, -0.1) is 0 Å². The highest BCUT2D eigenvalue weighted by Crippen LogP contribution is 2.31. The van der Waals surface area contributed by atoms with Crippen molar-refractivity contribution in [1.82, 2.24) is 5.48 Å². The maximum absolute atomic E-state index is 13.7. The summed E-state index contributed by atoms with van der Waals surface area (Å²) in [5.74, 6) is -1.10. The molecule has 0 aliphatic carbocycles. The number of nitrogens with one attached hydrogen (secondary N) is 1. The van der Waals surface area contributed by atoms with Crippen molar-refractivity contribution < 1.29 is 19.2 Å². The van der Waals surface area contributed by atoms with Gasteiger partial charge in [0.15, 0.2) is 0 Å². The maximum Gasteiger partial charge on any atom is 0.274 e. The average molecular weight is 416 g/mol. The molecule has 2 N–H and O–H groups in total. The number of carbonyl (C=O) groups is 2. The van der Waals surface area contributed by atoms with Gasteiger partial charge in [-0.2, -0.15) is 0 Å². The van der Waals surface area contributed by atoms with Crippen molar-refractivity contribution in [2.45, 2.75) is 12.8 Å². The molecule has 0 bridgehead atoms. The first kappa shape index (κ1) is 20.5. The fraction of sp³-hybridized carbons (Fsp3) is 0.120. The molecule has 3 aromatic carbocycles. The van der Waals surface area contributed by atoms with E-state index in [1.807, 2.05) is 30.3 Å². The average Bonchev–Trinajstić information content (AvgIpc) is 2.82. The van der Waals surface area contributed by atoms with Gasteiger partial charge in [-0.3, -0.25) is 14.8 Å². The molecular weight excluding hydrogens is 395 g/mol. The van der Waals surface area contributed by atoms with E-state index in [-0.39, 0.29) is 11.7 Å². The molecule has 6 heteroatoms. The smallest absolute Gasteiger partial charge is 0.274 e. The first-order valence-electron chi connectivity index (χ1n) is 9.99. The monoisotopic (exact) mass is 416 g/mol. The van der Waals surface area contributed by atoms with E-state index in [0.717, 1.165) is 35.2 Å². The molecule has 2 amide bonds. The largest absolute Gasteiger partial charge is 0.308 e. The predicted molar refractivity (Wildman–Crippen MR) is 117 cm³/mol. The van der Waals surface area contributed by atoms with Gasteiger partial charge in [-0.1, -0.05) is 42.5 Å². The standard InChI is InChI=1S/C25H21FN2O3/c26-21-11-8-17(9-12-21)15-22(18-5-2-1-3-6-18)25(30)28-14-4-7-19-16-20(24(29)27-31)10-13-23(19)28/h1-3,5-6,8-13,15-16,31H,4,7,14H2,(H,27,29)/b22-15+. The van der Waals surface area contributed by atoms with Crippen LogP contribution in [0.2, 0.25) is 0 Å². The summed E-state index contributed by atoms with van der Waals surface area (Å²) in [5, 5.41) is 8.89. The lowest BCUT2D eigenvalue weighted by Gasteiger charge is -2.30. The van der Waals surface area contributed by atoms with E-state index in [1.54, 1.807) is 46.8 Å². The summed E-state index contributed by atoms with van der Waals surface area (Å²) in [4.78, 5) is 27.1. The fourth-order valence-corrected chi connectivity index (χ4v) is 3.77. The van der Waals surface area contributed by atoms with Gasteiger partial charge in [0.2, 0.25) is 0 Å². The van der Waals surface area contributed by atoms with E-state index >= 15 is 0 Å². The summed E-state index contributed by atoms with van der Waals surface area (Å²) in [6, 6.07) is 20.4. The van der Waals surface area contributed by atoms with E-state index in [0.29, 0.717) is 17.7 Å². The summed E-state index contributed by atoms with van der Waals surface area (Å²) in [6.07, 6.45) is 3.24. The molecule has 0 spiro atoms. The van der Waals surface area contributed by atoms with Gasteiger partial charge in [0.1, 0.15) is 5.82 Å². The molecule has 3 aromatic rings. The van der Waals surface area contributed by atoms with Crippen molar-refractivity contribution in [3.05, 3.63) is 101 Å². The van der Waals surface area contributed by atoms with Gasteiger partial charge in [-0.05, 0) is 65.9 Å². The Morgan fingerprint density at radius 2 is 1.71 bits per heavy atom. The van der Waals surface area contributed by atoms with Crippen molar-refractivity contribution in [1.29, 1.82) is 0 Å². The fourth-order valence-electron chi connectivity index (χ4n) is 3.77. The van der Waals surface area contributed by atoms with Crippen molar-refractivity contribution in [3.63, 3.8) is 0 Å². The number of halogens is 1. The number of fused-ring (bicyclic) bond motifs is 1. The molecule has 0 fully saturated rings. The van der Waals surface area contributed by atoms with Crippen LogP contribution < -0.4 is 10.4 Å². The third-order valence-corrected chi connectivity index (χ3v) is 5.30. The summed E-state index contributed by atoms with van der Waals surface area (Å²) in [6.45, 7) is 0.547. The molecule has 1 aliphatic heterocycles. The Kier molecular flexibility index (Phi) is 5.91. The second kappa shape index (κ2) is 8.93. The number of aryl methyl sites for hydroxylation is 1. The van der Waals surface area contributed by atoms with E-state index < -0.39 is 5.91 Å². The number of amides is 2. The lowest BCUT2D eigenvalue weighted by molar-refractivity contribution is -0.113. The number of anilines is 1. The number of rotatable bonds is 4. The first-order chi connectivity index (χ1) is 15.1. The van der Waals surface area contributed by atoms with E-state index in [4.69, 9.17) is 5.21 Å². The van der Waals surface area contributed by atoms with Gasteiger partial charge in [0.25, 0.3) is 11.8 Å². The highest BCUT2D eigenvalue weighted by atomic mass is 19.1. The molecule has 1 aliphatic rings. The van der Waals surface area contributed by atoms with Crippen LogP contribution in [0.3, 0.4) is 0 Å². The van der Waals surface area contributed by atoms with Gasteiger partial charge >= 0.3 is 0 Å². The minimum Gasteiger partial charge on any atom is -0.308 e. The van der Waals surface area contributed by atoms with Gasteiger partial charge < -0.3 is 4.90 Å². The molecular formula is C25H21FN2O3. The van der Waals surface area contributed by atoms with Crippen LogP contribution in [0.5, 0.6) is 0 Å². The van der Waals surface area contributed by atoms with Crippen molar-refractivity contribution >= 4 is 29.2 Å². The van der Waals surface area contributed by atoms with E-state index in [2.05, 4.69) is 0 Å². The highest BCUT2D eigenvalue weighted by Gasteiger charge is 2.26. The molecule has 31 heavy (non-hydrogen) atoms. The Morgan fingerprint density at radius 3 is 2.42 bits per heavy atom. The Bertz CT molecular complexity index is 1140. The molecule has 0 aromatic heterocycles. The van der Waals surface area contributed by atoms with Gasteiger partial charge in [0.05, 0.1) is 0 Å². The minimum atomic E-state index is -0.590. The molecule has 0 saturated heterocycles. The maximum atomic E-state index is 13.7. The number of hydrogen-bond acceptors (Lipinski definition) is 3. The van der Waals surface area contributed by atoms with Crippen LogP contribution in [0.4, 0.5) is 10.1 Å². The topological polar surface area (TPSA) is 69.6 Å². The Morgan fingerprint density at radius 1 is 0.968 bits per heavy atom. The van der Waals surface area contributed by atoms with Crippen LogP contribution in [-0.2, 0) is 11.2 Å². The van der Waals surface area contributed by atoms with Crippen LogP contribution in [0.1, 0.15) is 33.5 Å². The van der Waals surface area contributed by atoms with E-state index in [1.165, 1.54) is 12.1 Å². The molecule has 156 valence electrons. The first-order valence-corrected chi connectivity index (χ1v) is 9.99. The molecule has 4 rings (SSSR count). The Labute approximate surface area is 179 Å². The van der Waals surface area contributed by atoms with Crippen LogP contribution in [-0.4, -0.2) is 23.6 Å². The quantitative estimate of drug-likeness (QED) is 0.285. The second-order valence-electron chi connectivity index (χ2n) is 7.32. The lowest BCUT2D eigenvalue weighted by atomic mass is 9.96. The predicted octanol–water partition coefficient (Wildman–Crippen LogP) is 4.46. The number of nitrogens with zero attached hydrogens (tertiary/aromatic N) is 1. The Hall–Kier alpha value is -3.77. The zero-order valence-corrected chi connectivity index (χ0v) is 16.7. The third kappa shape index (κ3) is 4.39. The van der Waals surface area contributed by atoms with Crippen LogP contribution in [0, 0.1) is 5.82 Å².